The highest BCUT2D eigenvalue weighted by Crippen LogP contribution is 2.23. The lowest BCUT2D eigenvalue weighted by Gasteiger charge is -2.29. The van der Waals surface area contributed by atoms with E-state index in [1.807, 2.05) is 26.0 Å². The summed E-state index contributed by atoms with van der Waals surface area (Å²) in [6, 6.07) is 4.04. The Hall–Kier alpha value is -1.42. The van der Waals surface area contributed by atoms with Crippen molar-refractivity contribution in [2.24, 2.45) is 5.41 Å². The molecule has 0 aliphatic heterocycles. The van der Waals surface area contributed by atoms with E-state index in [-0.39, 0.29) is 17.3 Å². The maximum Gasteiger partial charge on any atom is 0.303 e. The fourth-order valence-corrected chi connectivity index (χ4v) is 2.09. The second-order valence-electron chi connectivity index (χ2n) is 6.46. The summed E-state index contributed by atoms with van der Waals surface area (Å²) in [6.07, 6.45) is 3.77. The maximum absolute atomic E-state index is 10.8. The Morgan fingerprint density at radius 2 is 1.79 bits per heavy atom. The van der Waals surface area contributed by atoms with E-state index in [1.54, 1.807) is 12.4 Å². The minimum Gasteiger partial charge on any atom is -0.481 e. The third kappa shape index (κ3) is 5.39. The van der Waals surface area contributed by atoms with Gasteiger partial charge in [-0.3, -0.25) is 9.78 Å². The largest absolute Gasteiger partial charge is 0.481 e. The van der Waals surface area contributed by atoms with Gasteiger partial charge < -0.3 is 10.4 Å². The van der Waals surface area contributed by atoms with Gasteiger partial charge >= 0.3 is 5.97 Å². The van der Waals surface area contributed by atoms with Gasteiger partial charge in [-0.05, 0) is 23.1 Å². The van der Waals surface area contributed by atoms with E-state index in [2.05, 4.69) is 24.1 Å². The average molecular weight is 264 g/mol. The highest BCUT2D eigenvalue weighted by Gasteiger charge is 2.24. The van der Waals surface area contributed by atoms with Crippen molar-refractivity contribution in [1.29, 1.82) is 0 Å². The number of nitrogens with zero attached hydrogens (tertiary/aromatic N) is 1. The summed E-state index contributed by atoms with van der Waals surface area (Å²) < 4.78 is 0. The highest BCUT2D eigenvalue weighted by atomic mass is 16.4. The lowest BCUT2D eigenvalue weighted by molar-refractivity contribution is -0.139. The zero-order valence-electron chi connectivity index (χ0n) is 12.2. The first kappa shape index (κ1) is 15.6. The van der Waals surface area contributed by atoms with Gasteiger partial charge in [-0.2, -0.15) is 0 Å². The molecule has 1 rings (SSSR count). The van der Waals surface area contributed by atoms with Crippen LogP contribution in [-0.4, -0.2) is 29.1 Å². The number of hydrogen-bond donors (Lipinski definition) is 2. The first-order valence-corrected chi connectivity index (χ1v) is 6.56. The number of carboxylic acids is 1. The molecule has 106 valence electrons. The van der Waals surface area contributed by atoms with Crippen LogP contribution in [0.15, 0.2) is 24.5 Å². The lowest BCUT2D eigenvalue weighted by atomic mass is 9.84. The van der Waals surface area contributed by atoms with Crippen LogP contribution in [0.1, 0.15) is 39.7 Å². The molecule has 0 radical (unpaired) electrons. The van der Waals surface area contributed by atoms with Crippen LogP contribution in [0.5, 0.6) is 0 Å². The first-order valence-electron chi connectivity index (χ1n) is 6.56. The molecular formula is C15H24N2O2. The molecule has 0 fully saturated rings. The molecule has 4 nitrogen and oxygen atoms in total. The van der Waals surface area contributed by atoms with Crippen LogP contribution in [-0.2, 0) is 10.2 Å². The lowest BCUT2D eigenvalue weighted by Crippen LogP contribution is -2.39. The molecule has 0 atom stereocenters. The molecule has 2 N–H and O–H groups in total. The van der Waals surface area contributed by atoms with Crippen LogP contribution in [0.3, 0.4) is 0 Å². The van der Waals surface area contributed by atoms with E-state index < -0.39 is 5.97 Å². The molecule has 0 saturated carbocycles. The van der Waals surface area contributed by atoms with Gasteiger partial charge in [-0.1, -0.05) is 27.7 Å². The van der Waals surface area contributed by atoms with Gasteiger partial charge in [0, 0.05) is 30.9 Å². The van der Waals surface area contributed by atoms with Crippen LogP contribution in [0, 0.1) is 5.41 Å². The fourth-order valence-electron chi connectivity index (χ4n) is 2.09. The number of carbonyl (C=O) groups is 1. The van der Waals surface area contributed by atoms with Crippen molar-refractivity contribution in [3.05, 3.63) is 30.1 Å². The minimum atomic E-state index is -0.750. The number of hydrogen-bond acceptors (Lipinski definition) is 3. The second-order valence-corrected chi connectivity index (χ2v) is 6.46. The number of carboxylic acid groups (broad SMARTS) is 1. The summed E-state index contributed by atoms with van der Waals surface area (Å²) in [5.41, 5.74) is 0.994. The van der Waals surface area contributed by atoms with E-state index >= 15 is 0 Å². The second kappa shape index (κ2) is 6.15. The molecule has 0 aliphatic rings. The molecule has 1 aromatic heterocycles. The topological polar surface area (TPSA) is 62.2 Å². The number of aromatic nitrogens is 1. The number of nitrogens with one attached hydrogen (secondary N) is 1. The van der Waals surface area contributed by atoms with Gasteiger partial charge in [-0.15, -0.1) is 0 Å². The van der Waals surface area contributed by atoms with Crippen molar-refractivity contribution in [3.63, 3.8) is 0 Å². The number of rotatable bonds is 7. The molecule has 1 aromatic rings. The van der Waals surface area contributed by atoms with E-state index in [9.17, 15) is 4.79 Å². The molecule has 0 unspecified atom stereocenters. The third-order valence-electron chi connectivity index (χ3n) is 3.26. The molecule has 4 heteroatoms. The summed E-state index contributed by atoms with van der Waals surface area (Å²) in [5.74, 6) is -0.750. The summed E-state index contributed by atoms with van der Waals surface area (Å²) in [6.45, 7) is 9.76. The normalized spacial score (nSPS) is 12.4. The smallest absolute Gasteiger partial charge is 0.303 e. The molecule has 0 aromatic carbocycles. The van der Waals surface area contributed by atoms with E-state index in [0.717, 1.165) is 6.54 Å². The Morgan fingerprint density at radius 3 is 2.32 bits per heavy atom. The molecule has 0 aliphatic carbocycles. The van der Waals surface area contributed by atoms with Crippen molar-refractivity contribution < 1.29 is 9.90 Å². The minimum absolute atomic E-state index is 0.00223. The summed E-state index contributed by atoms with van der Waals surface area (Å²) in [7, 11) is 0. The van der Waals surface area contributed by atoms with Gasteiger partial charge in [0.15, 0.2) is 0 Å². The predicted octanol–water partition coefficient (Wildman–Crippen LogP) is 2.45. The number of pyridine rings is 1. The van der Waals surface area contributed by atoms with Gasteiger partial charge in [0.05, 0.1) is 6.42 Å². The van der Waals surface area contributed by atoms with E-state index in [1.165, 1.54) is 5.56 Å². The SMILES string of the molecule is CC(C)(CNCC(C)(C)c1ccncc1)CC(=O)O. The summed E-state index contributed by atoms with van der Waals surface area (Å²) in [4.78, 5) is 14.8. The monoisotopic (exact) mass is 264 g/mol. The van der Waals surface area contributed by atoms with Gasteiger partial charge in [0.1, 0.15) is 0 Å². The van der Waals surface area contributed by atoms with Gasteiger partial charge in [0.2, 0.25) is 0 Å². The van der Waals surface area contributed by atoms with Crippen molar-refractivity contribution >= 4 is 5.97 Å². The fraction of sp³-hybridized carbons (Fsp3) is 0.600. The molecule has 0 saturated heterocycles. The average Bonchev–Trinajstić information content (AvgIpc) is 2.27. The maximum atomic E-state index is 10.8. The molecular weight excluding hydrogens is 240 g/mol. The highest BCUT2D eigenvalue weighted by molar-refractivity contribution is 5.67. The standard InChI is InChI=1S/C15H24N2O2/c1-14(2,9-13(18)19)10-17-11-15(3,4)12-5-7-16-8-6-12/h5-8,17H,9-11H2,1-4H3,(H,18,19). The van der Waals surface area contributed by atoms with Crippen LogP contribution in [0.4, 0.5) is 0 Å². The van der Waals surface area contributed by atoms with Crippen molar-refractivity contribution in [2.45, 2.75) is 39.5 Å². The van der Waals surface area contributed by atoms with E-state index in [0.29, 0.717) is 6.54 Å². The predicted molar refractivity (Wildman–Crippen MR) is 76.2 cm³/mol. The van der Waals surface area contributed by atoms with Crippen LogP contribution >= 0.6 is 0 Å². The van der Waals surface area contributed by atoms with Crippen molar-refractivity contribution in [1.82, 2.24) is 10.3 Å². The van der Waals surface area contributed by atoms with E-state index in [4.69, 9.17) is 5.11 Å². The van der Waals surface area contributed by atoms with Gasteiger partial charge in [0.25, 0.3) is 0 Å². The Kier molecular flexibility index (Phi) is 5.06. The Labute approximate surface area is 115 Å². The number of aliphatic carboxylic acids is 1. The molecule has 0 bridgehead atoms. The van der Waals surface area contributed by atoms with Crippen LogP contribution in [0.25, 0.3) is 0 Å². The van der Waals surface area contributed by atoms with Crippen LogP contribution in [0.2, 0.25) is 0 Å². The Balaban J connectivity index is 2.50. The summed E-state index contributed by atoms with van der Waals surface area (Å²) >= 11 is 0. The van der Waals surface area contributed by atoms with Gasteiger partial charge in [-0.25, -0.2) is 0 Å². The van der Waals surface area contributed by atoms with Crippen molar-refractivity contribution in [3.8, 4) is 0 Å². The quantitative estimate of drug-likeness (QED) is 0.794. The molecule has 1 heterocycles. The Bertz CT molecular complexity index is 413. The third-order valence-corrected chi connectivity index (χ3v) is 3.26. The zero-order valence-corrected chi connectivity index (χ0v) is 12.2. The van der Waals surface area contributed by atoms with Crippen molar-refractivity contribution in [2.75, 3.05) is 13.1 Å². The zero-order chi connectivity index (χ0) is 14.5. The Morgan fingerprint density at radius 1 is 1.21 bits per heavy atom. The summed E-state index contributed by atoms with van der Waals surface area (Å²) in [5, 5.41) is 12.2. The first-order chi connectivity index (χ1) is 8.73. The molecule has 0 amide bonds. The molecule has 0 spiro atoms. The van der Waals surface area contributed by atoms with Crippen LogP contribution < -0.4 is 5.32 Å². The molecule has 19 heavy (non-hydrogen) atoms.